The summed E-state index contributed by atoms with van der Waals surface area (Å²) in [5.74, 6) is -0.352. The number of imidazole rings is 1. The minimum absolute atomic E-state index is 0.0133. The van der Waals surface area contributed by atoms with Gasteiger partial charge in [0.15, 0.2) is 0 Å². The van der Waals surface area contributed by atoms with Crippen LogP contribution in [-0.2, 0) is 17.9 Å². The zero-order valence-corrected chi connectivity index (χ0v) is 17.5. The Bertz CT molecular complexity index is 1200. The smallest absolute Gasteiger partial charge is 0.305 e. The number of aromatic nitrogens is 2. The van der Waals surface area contributed by atoms with Crippen LogP contribution in [0.5, 0.6) is 5.75 Å². The molecule has 0 bridgehead atoms. The van der Waals surface area contributed by atoms with Gasteiger partial charge < -0.3 is 20.5 Å². The average molecular weight is 433 g/mol. The van der Waals surface area contributed by atoms with Crippen molar-refractivity contribution < 1.29 is 19.4 Å². The van der Waals surface area contributed by atoms with E-state index in [0.29, 0.717) is 17.9 Å². The van der Waals surface area contributed by atoms with Gasteiger partial charge in [0.2, 0.25) is 5.82 Å². The number of benzene rings is 2. The van der Waals surface area contributed by atoms with Crippen LogP contribution in [-0.4, -0.2) is 43.8 Å². The van der Waals surface area contributed by atoms with Gasteiger partial charge in [0.05, 0.1) is 12.1 Å². The van der Waals surface area contributed by atoms with E-state index < -0.39 is 5.97 Å². The van der Waals surface area contributed by atoms with Crippen LogP contribution in [0.4, 0.5) is 0 Å². The number of nitrogen functional groups attached to an aromatic ring is 1. The summed E-state index contributed by atoms with van der Waals surface area (Å²) in [6.45, 7) is 2.55. The van der Waals surface area contributed by atoms with Crippen LogP contribution in [0.2, 0.25) is 0 Å². The first-order valence-corrected chi connectivity index (χ1v) is 10.1. The molecule has 1 aliphatic heterocycles. The number of carboxylic acid groups (broad SMARTS) is 1. The molecular formula is C23H23N5O4. The number of carboxylic acids is 1. The summed E-state index contributed by atoms with van der Waals surface area (Å²) in [7, 11) is 0. The molecule has 1 aliphatic rings. The summed E-state index contributed by atoms with van der Waals surface area (Å²) < 4.78 is 7.75. The number of nitrogens with two attached hydrogens (primary N) is 1. The fourth-order valence-electron chi connectivity index (χ4n) is 3.67. The largest absolute Gasteiger partial charge is 0.489 e. The van der Waals surface area contributed by atoms with Crippen molar-refractivity contribution in [3.63, 3.8) is 0 Å². The van der Waals surface area contributed by atoms with Crippen LogP contribution in [0, 0.1) is 12.3 Å². The van der Waals surface area contributed by atoms with E-state index in [1.165, 1.54) is 4.90 Å². The van der Waals surface area contributed by atoms with Gasteiger partial charge in [-0.15, -0.1) is 0 Å². The fourth-order valence-corrected chi connectivity index (χ4v) is 3.67. The zero-order chi connectivity index (χ0) is 22.8. The second kappa shape index (κ2) is 8.54. The molecule has 0 saturated heterocycles. The highest BCUT2D eigenvalue weighted by Gasteiger charge is 2.28. The van der Waals surface area contributed by atoms with E-state index >= 15 is 0 Å². The van der Waals surface area contributed by atoms with Gasteiger partial charge >= 0.3 is 5.97 Å². The zero-order valence-electron chi connectivity index (χ0n) is 17.5. The monoisotopic (exact) mass is 433 g/mol. The van der Waals surface area contributed by atoms with E-state index in [9.17, 15) is 9.59 Å². The third kappa shape index (κ3) is 4.18. The SMILES string of the molecule is Cc1cnc2n1-c1ccc(OCc3ccc(C(=N)N)cc3)cc1CN(CCC(=O)O)C2=O. The quantitative estimate of drug-likeness (QED) is 0.387. The number of carbonyl (C=O) groups is 2. The topological polar surface area (TPSA) is 135 Å². The van der Waals surface area contributed by atoms with Crippen molar-refractivity contribution in [1.82, 2.24) is 14.5 Å². The van der Waals surface area contributed by atoms with Crippen LogP contribution in [0.15, 0.2) is 48.7 Å². The van der Waals surface area contributed by atoms with Crippen LogP contribution in [0.3, 0.4) is 0 Å². The summed E-state index contributed by atoms with van der Waals surface area (Å²) in [4.78, 5) is 29.8. The van der Waals surface area contributed by atoms with Crippen LogP contribution >= 0.6 is 0 Å². The van der Waals surface area contributed by atoms with E-state index in [0.717, 1.165) is 22.5 Å². The molecule has 4 rings (SSSR count). The second-order valence-electron chi connectivity index (χ2n) is 7.62. The van der Waals surface area contributed by atoms with E-state index in [4.69, 9.17) is 21.0 Å². The Hall–Kier alpha value is -4.14. The molecule has 9 nitrogen and oxygen atoms in total. The first-order chi connectivity index (χ1) is 15.3. The molecule has 1 amide bonds. The number of hydrogen-bond donors (Lipinski definition) is 3. The Balaban J connectivity index is 1.60. The van der Waals surface area contributed by atoms with Gasteiger partial charge in [-0.05, 0) is 36.2 Å². The predicted octanol–water partition coefficient (Wildman–Crippen LogP) is 2.47. The molecule has 2 heterocycles. The lowest BCUT2D eigenvalue weighted by molar-refractivity contribution is -0.137. The molecule has 0 saturated carbocycles. The molecule has 3 aromatic rings. The van der Waals surface area contributed by atoms with Crippen LogP contribution in [0.1, 0.15) is 39.4 Å². The second-order valence-corrected chi connectivity index (χ2v) is 7.62. The van der Waals surface area contributed by atoms with Gasteiger partial charge in [0, 0.05) is 30.5 Å². The number of nitrogens with one attached hydrogen (secondary N) is 1. The van der Waals surface area contributed by atoms with Gasteiger partial charge in [-0.1, -0.05) is 24.3 Å². The predicted molar refractivity (Wildman–Crippen MR) is 117 cm³/mol. The molecule has 0 atom stereocenters. The summed E-state index contributed by atoms with van der Waals surface area (Å²) in [5, 5.41) is 16.5. The Morgan fingerprint density at radius 3 is 2.69 bits per heavy atom. The van der Waals surface area contributed by atoms with Crippen molar-refractivity contribution in [3.05, 3.63) is 76.9 Å². The number of carbonyl (C=O) groups excluding carboxylic acids is 1. The third-order valence-electron chi connectivity index (χ3n) is 5.34. The maximum absolute atomic E-state index is 13.0. The molecule has 9 heteroatoms. The van der Waals surface area contributed by atoms with Crippen molar-refractivity contribution in [3.8, 4) is 11.4 Å². The number of aliphatic carboxylic acids is 1. The number of fused-ring (bicyclic) bond motifs is 3. The number of rotatable bonds is 7. The summed E-state index contributed by atoms with van der Waals surface area (Å²) in [6, 6.07) is 12.8. The van der Waals surface area contributed by atoms with Crippen LogP contribution in [0.25, 0.3) is 5.69 Å². The van der Waals surface area contributed by atoms with E-state index in [1.54, 1.807) is 22.9 Å². The Labute approximate surface area is 184 Å². The van der Waals surface area contributed by atoms with Gasteiger partial charge in [0.25, 0.3) is 5.91 Å². The van der Waals surface area contributed by atoms with E-state index in [-0.39, 0.29) is 37.1 Å². The minimum atomic E-state index is -0.963. The fraction of sp³-hybridized carbons (Fsp3) is 0.217. The molecule has 4 N–H and O–H groups in total. The number of nitrogens with zero attached hydrogens (tertiary/aromatic N) is 3. The molecule has 0 spiro atoms. The molecule has 164 valence electrons. The number of amidine groups is 1. The van der Waals surface area contributed by atoms with Gasteiger partial charge in [-0.25, -0.2) is 4.98 Å². The normalized spacial score (nSPS) is 12.7. The molecule has 0 radical (unpaired) electrons. The third-order valence-corrected chi connectivity index (χ3v) is 5.34. The van der Waals surface area contributed by atoms with Crippen molar-refractivity contribution in [2.24, 2.45) is 5.73 Å². The highest BCUT2D eigenvalue weighted by atomic mass is 16.5. The Morgan fingerprint density at radius 2 is 2.00 bits per heavy atom. The molecule has 2 aromatic carbocycles. The number of aryl methyl sites for hydroxylation is 1. The van der Waals surface area contributed by atoms with Gasteiger partial charge in [-0.3, -0.25) is 19.6 Å². The van der Waals surface area contributed by atoms with Gasteiger partial charge in [0.1, 0.15) is 18.2 Å². The maximum atomic E-state index is 13.0. The average Bonchev–Trinajstić information content (AvgIpc) is 3.10. The van der Waals surface area contributed by atoms with Crippen molar-refractivity contribution >= 4 is 17.7 Å². The van der Waals surface area contributed by atoms with Crippen LogP contribution < -0.4 is 10.5 Å². The maximum Gasteiger partial charge on any atom is 0.305 e. The standard InChI is InChI=1S/C23H23N5O4/c1-14-11-26-22-23(31)27(9-8-20(29)30)12-17-10-18(6-7-19(17)28(14)22)32-13-15-2-4-16(5-3-15)21(24)25/h2-7,10-11H,8-9,12-13H2,1H3,(H3,24,25)(H,29,30). The lowest BCUT2D eigenvalue weighted by atomic mass is 10.1. The molecule has 0 aliphatic carbocycles. The number of ether oxygens (including phenoxy) is 1. The minimum Gasteiger partial charge on any atom is -0.489 e. The Morgan fingerprint density at radius 1 is 1.25 bits per heavy atom. The molecule has 0 unspecified atom stereocenters. The Kier molecular flexibility index (Phi) is 5.63. The van der Waals surface area contributed by atoms with E-state index in [1.807, 2.05) is 37.3 Å². The summed E-state index contributed by atoms with van der Waals surface area (Å²) in [5.41, 5.74) is 9.54. The summed E-state index contributed by atoms with van der Waals surface area (Å²) in [6.07, 6.45) is 1.49. The van der Waals surface area contributed by atoms with Crippen molar-refractivity contribution in [2.75, 3.05) is 6.54 Å². The molecule has 1 aromatic heterocycles. The van der Waals surface area contributed by atoms with E-state index in [2.05, 4.69) is 4.98 Å². The highest BCUT2D eigenvalue weighted by molar-refractivity contribution is 5.95. The lowest BCUT2D eigenvalue weighted by Crippen LogP contribution is -2.32. The molecular weight excluding hydrogens is 410 g/mol. The first kappa shape index (κ1) is 21.1. The molecule has 0 fully saturated rings. The number of hydrogen-bond acceptors (Lipinski definition) is 5. The van der Waals surface area contributed by atoms with Gasteiger partial charge in [-0.2, -0.15) is 0 Å². The van der Waals surface area contributed by atoms with Crippen molar-refractivity contribution in [1.29, 1.82) is 5.41 Å². The summed E-state index contributed by atoms with van der Waals surface area (Å²) >= 11 is 0. The first-order valence-electron chi connectivity index (χ1n) is 10.1. The van der Waals surface area contributed by atoms with Crippen molar-refractivity contribution in [2.45, 2.75) is 26.5 Å². The molecule has 32 heavy (non-hydrogen) atoms. The lowest BCUT2D eigenvalue weighted by Gasteiger charge is -2.19. The number of amides is 1. The highest BCUT2D eigenvalue weighted by Crippen LogP contribution is 2.29.